The molecule has 0 saturated carbocycles. The maximum absolute atomic E-state index is 2.50. The molecular formula is C34H36N4. The van der Waals surface area contributed by atoms with Gasteiger partial charge in [-0.05, 0) is 76.2 Å². The fraction of sp³-hybridized carbons (Fsp3) is 0.235. The number of anilines is 4. The van der Waals surface area contributed by atoms with Crippen LogP contribution in [0.1, 0.15) is 22.3 Å². The minimum Gasteiger partial charge on any atom is -0.323 e. The van der Waals surface area contributed by atoms with Crippen molar-refractivity contribution in [2.75, 3.05) is 45.8 Å². The van der Waals surface area contributed by atoms with Gasteiger partial charge < -0.3 is 19.6 Å². The maximum Gasteiger partial charge on any atom is 0.156 e. The summed E-state index contributed by atoms with van der Waals surface area (Å²) in [6, 6.07) is 35.8. The Morgan fingerprint density at radius 1 is 0.316 bits per heavy atom. The molecule has 2 heterocycles. The molecule has 2 aliphatic rings. The topological polar surface area (TPSA) is 13.0 Å². The van der Waals surface area contributed by atoms with Gasteiger partial charge in [0.05, 0.1) is 0 Å². The maximum atomic E-state index is 2.50. The first-order valence-electron chi connectivity index (χ1n) is 13.6. The fourth-order valence-electron chi connectivity index (χ4n) is 5.50. The summed E-state index contributed by atoms with van der Waals surface area (Å²) in [4.78, 5) is 10.0. The lowest BCUT2D eigenvalue weighted by atomic mass is 10.2. The van der Waals surface area contributed by atoms with Crippen molar-refractivity contribution in [3.63, 3.8) is 0 Å². The SMILES string of the molecule is Cc1ccc(N2CCN(c3ccc(C)cc3)C2=C2N(c3ccc(C)cc3)CCN2c2ccc(C)cc2)cc1. The molecule has 2 aliphatic heterocycles. The Labute approximate surface area is 227 Å². The Morgan fingerprint density at radius 3 is 0.684 bits per heavy atom. The van der Waals surface area contributed by atoms with Crippen molar-refractivity contribution >= 4 is 22.7 Å². The lowest BCUT2D eigenvalue weighted by Crippen LogP contribution is -2.34. The van der Waals surface area contributed by atoms with E-state index in [1.54, 1.807) is 0 Å². The van der Waals surface area contributed by atoms with Gasteiger partial charge >= 0.3 is 0 Å². The van der Waals surface area contributed by atoms with Crippen LogP contribution in [-0.2, 0) is 0 Å². The van der Waals surface area contributed by atoms with Gasteiger partial charge in [0.15, 0.2) is 11.6 Å². The van der Waals surface area contributed by atoms with Crippen LogP contribution in [-0.4, -0.2) is 26.2 Å². The molecule has 0 aliphatic carbocycles. The number of hydrogen-bond acceptors (Lipinski definition) is 4. The Morgan fingerprint density at radius 2 is 0.500 bits per heavy atom. The highest BCUT2D eigenvalue weighted by atomic mass is 15.5. The Hall–Kier alpha value is -4.18. The van der Waals surface area contributed by atoms with E-state index in [4.69, 9.17) is 0 Å². The van der Waals surface area contributed by atoms with E-state index in [0.29, 0.717) is 0 Å². The fourth-order valence-corrected chi connectivity index (χ4v) is 5.50. The molecule has 2 saturated heterocycles. The van der Waals surface area contributed by atoms with Gasteiger partial charge in [-0.1, -0.05) is 70.8 Å². The second-order valence-electron chi connectivity index (χ2n) is 10.6. The van der Waals surface area contributed by atoms with E-state index in [1.807, 2.05) is 0 Å². The first-order valence-corrected chi connectivity index (χ1v) is 13.6. The molecule has 6 rings (SSSR count). The van der Waals surface area contributed by atoms with Gasteiger partial charge in [0.2, 0.25) is 0 Å². The highest BCUT2D eigenvalue weighted by Gasteiger charge is 2.38. The van der Waals surface area contributed by atoms with Crippen LogP contribution in [0.3, 0.4) is 0 Å². The van der Waals surface area contributed by atoms with Crippen LogP contribution in [0, 0.1) is 27.7 Å². The number of benzene rings is 4. The van der Waals surface area contributed by atoms with Gasteiger partial charge in [-0.25, -0.2) is 0 Å². The summed E-state index contributed by atoms with van der Waals surface area (Å²) in [6.07, 6.45) is 0. The number of aryl methyl sites for hydroxylation is 4. The Bertz CT molecular complexity index is 1210. The minimum atomic E-state index is 0.930. The highest BCUT2D eigenvalue weighted by Crippen LogP contribution is 2.40. The summed E-state index contributed by atoms with van der Waals surface area (Å²) >= 11 is 0. The van der Waals surface area contributed by atoms with E-state index >= 15 is 0 Å². The molecule has 2 fully saturated rings. The predicted octanol–water partition coefficient (Wildman–Crippen LogP) is 7.40. The normalized spacial score (nSPS) is 15.7. The molecule has 0 bridgehead atoms. The molecule has 38 heavy (non-hydrogen) atoms. The third-order valence-corrected chi connectivity index (χ3v) is 7.70. The summed E-state index contributed by atoms with van der Waals surface area (Å²) in [5.41, 5.74) is 10.0. The van der Waals surface area contributed by atoms with Crippen molar-refractivity contribution in [3.8, 4) is 0 Å². The van der Waals surface area contributed by atoms with E-state index in [2.05, 4.69) is 144 Å². The van der Waals surface area contributed by atoms with Crippen molar-refractivity contribution < 1.29 is 0 Å². The van der Waals surface area contributed by atoms with Crippen LogP contribution < -0.4 is 19.6 Å². The van der Waals surface area contributed by atoms with E-state index in [1.165, 1.54) is 56.6 Å². The van der Waals surface area contributed by atoms with Crippen molar-refractivity contribution in [3.05, 3.63) is 131 Å². The summed E-state index contributed by atoms with van der Waals surface area (Å²) in [5.74, 6) is 2.47. The highest BCUT2D eigenvalue weighted by molar-refractivity contribution is 5.73. The Kier molecular flexibility index (Phi) is 6.32. The molecule has 0 aromatic heterocycles. The summed E-state index contributed by atoms with van der Waals surface area (Å²) in [6.45, 7) is 12.3. The smallest absolute Gasteiger partial charge is 0.156 e. The van der Waals surface area contributed by atoms with E-state index < -0.39 is 0 Å². The van der Waals surface area contributed by atoms with Gasteiger partial charge in [-0.2, -0.15) is 0 Å². The molecule has 0 atom stereocenters. The molecule has 4 heteroatoms. The number of rotatable bonds is 4. The molecule has 0 spiro atoms. The van der Waals surface area contributed by atoms with Crippen molar-refractivity contribution in [1.82, 2.24) is 0 Å². The van der Waals surface area contributed by atoms with Gasteiger partial charge in [0.1, 0.15) is 0 Å². The van der Waals surface area contributed by atoms with E-state index in [0.717, 1.165) is 26.2 Å². The van der Waals surface area contributed by atoms with E-state index in [-0.39, 0.29) is 0 Å². The molecular weight excluding hydrogens is 464 g/mol. The lowest BCUT2D eigenvalue weighted by Gasteiger charge is -2.34. The summed E-state index contributed by atoms with van der Waals surface area (Å²) in [7, 11) is 0. The van der Waals surface area contributed by atoms with Crippen molar-refractivity contribution in [1.29, 1.82) is 0 Å². The van der Waals surface area contributed by atoms with Crippen LogP contribution in [0.15, 0.2) is 109 Å². The quantitative estimate of drug-likeness (QED) is 0.289. The number of hydrogen-bond donors (Lipinski definition) is 0. The van der Waals surface area contributed by atoms with Gasteiger partial charge in [-0.3, -0.25) is 0 Å². The van der Waals surface area contributed by atoms with Crippen LogP contribution in [0.25, 0.3) is 0 Å². The van der Waals surface area contributed by atoms with Crippen LogP contribution >= 0.6 is 0 Å². The second-order valence-corrected chi connectivity index (χ2v) is 10.6. The molecule has 0 N–H and O–H groups in total. The van der Waals surface area contributed by atoms with E-state index in [9.17, 15) is 0 Å². The molecule has 4 aromatic carbocycles. The molecule has 0 amide bonds. The van der Waals surface area contributed by atoms with Gasteiger partial charge in [-0.15, -0.1) is 0 Å². The third kappa shape index (κ3) is 4.51. The van der Waals surface area contributed by atoms with Crippen LogP contribution in [0.2, 0.25) is 0 Å². The Balaban J connectivity index is 1.58. The molecule has 0 radical (unpaired) electrons. The van der Waals surface area contributed by atoms with Gasteiger partial charge in [0, 0.05) is 48.9 Å². The molecule has 4 nitrogen and oxygen atoms in total. The predicted molar refractivity (Wildman–Crippen MR) is 161 cm³/mol. The molecule has 0 unspecified atom stereocenters. The van der Waals surface area contributed by atoms with Crippen molar-refractivity contribution in [2.24, 2.45) is 0 Å². The summed E-state index contributed by atoms with van der Waals surface area (Å²) in [5, 5.41) is 0. The minimum absolute atomic E-state index is 0.930. The second kappa shape index (κ2) is 9.94. The summed E-state index contributed by atoms with van der Waals surface area (Å²) < 4.78 is 0. The first kappa shape index (κ1) is 24.2. The van der Waals surface area contributed by atoms with Gasteiger partial charge in [0.25, 0.3) is 0 Å². The molecule has 192 valence electrons. The first-order chi connectivity index (χ1) is 18.5. The molecule has 4 aromatic rings. The average molecular weight is 501 g/mol. The zero-order valence-corrected chi connectivity index (χ0v) is 22.9. The number of nitrogens with zero attached hydrogens (tertiary/aromatic N) is 4. The van der Waals surface area contributed by atoms with Crippen LogP contribution in [0.4, 0.5) is 22.7 Å². The van der Waals surface area contributed by atoms with Crippen molar-refractivity contribution in [2.45, 2.75) is 27.7 Å². The van der Waals surface area contributed by atoms with Crippen LogP contribution in [0.5, 0.6) is 0 Å². The standard InChI is InChI=1S/C34H36N4/c1-25-5-13-29(14-6-25)35-21-22-36(30-15-7-26(2)8-16-30)33(35)34-37(31-17-9-27(3)10-18-31)23-24-38(34)32-19-11-28(4)12-20-32/h5-20H,21-24H2,1-4H3. The zero-order valence-electron chi connectivity index (χ0n) is 22.9. The average Bonchev–Trinajstić information content (AvgIpc) is 3.55. The zero-order chi connectivity index (χ0) is 26.2. The monoisotopic (exact) mass is 500 g/mol. The lowest BCUT2D eigenvalue weighted by molar-refractivity contribution is 0.965. The largest absolute Gasteiger partial charge is 0.323 e. The third-order valence-electron chi connectivity index (χ3n) is 7.70.